The van der Waals surface area contributed by atoms with Crippen LogP contribution in [0.4, 0.5) is 0 Å². The lowest BCUT2D eigenvalue weighted by molar-refractivity contribution is 0.0630. The Kier molecular flexibility index (Phi) is 6.40. The second-order valence-corrected chi connectivity index (χ2v) is 10.1. The first kappa shape index (κ1) is 22.8. The quantitative estimate of drug-likeness (QED) is 0.418. The van der Waals surface area contributed by atoms with Gasteiger partial charge in [0.15, 0.2) is 0 Å². The van der Waals surface area contributed by atoms with Crippen molar-refractivity contribution in [3.05, 3.63) is 124 Å². The molecule has 0 aliphatic carbocycles. The van der Waals surface area contributed by atoms with Crippen molar-refractivity contribution in [3.63, 3.8) is 0 Å². The van der Waals surface area contributed by atoms with Gasteiger partial charge in [0.05, 0.1) is 22.7 Å². The smallest absolute Gasteiger partial charge is 0.343 e. The Morgan fingerprint density at radius 1 is 0.909 bits per heavy atom. The van der Waals surface area contributed by atoms with Gasteiger partial charge in [-0.2, -0.15) is 0 Å². The van der Waals surface area contributed by atoms with Crippen LogP contribution in [0.2, 0.25) is 5.02 Å². The fourth-order valence-corrected chi connectivity index (χ4v) is 5.29. The number of allylic oxidation sites excluding steroid dienone is 1. The first-order chi connectivity index (χ1) is 15.8. The standard InChI is InChI=1S/C26H22ClNO4S/c1-18-8-14-24(15-9-18)33(30,31)28-17-23(32-26(29)21-10-12-22(27)13-11-21)16-19(2)25(28)20-6-4-3-5-7-20/h3-17,25H,1-2H3/t25-/m0/s1. The van der Waals surface area contributed by atoms with Crippen molar-refractivity contribution in [2.24, 2.45) is 0 Å². The van der Waals surface area contributed by atoms with E-state index in [0.29, 0.717) is 10.6 Å². The summed E-state index contributed by atoms with van der Waals surface area (Å²) in [6, 6.07) is 21.7. The van der Waals surface area contributed by atoms with Gasteiger partial charge in [-0.25, -0.2) is 13.2 Å². The Labute approximate surface area is 198 Å². The van der Waals surface area contributed by atoms with Crippen molar-refractivity contribution in [2.45, 2.75) is 24.8 Å². The normalized spacial score (nSPS) is 16.1. The van der Waals surface area contributed by atoms with Gasteiger partial charge < -0.3 is 4.74 Å². The molecule has 0 saturated heterocycles. The number of rotatable bonds is 5. The van der Waals surface area contributed by atoms with Crippen molar-refractivity contribution < 1.29 is 17.9 Å². The van der Waals surface area contributed by atoms with Crippen LogP contribution < -0.4 is 0 Å². The zero-order valence-electron chi connectivity index (χ0n) is 18.1. The monoisotopic (exact) mass is 479 g/mol. The third kappa shape index (κ3) is 4.87. The van der Waals surface area contributed by atoms with Crippen LogP contribution in [0.1, 0.15) is 34.5 Å². The van der Waals surface area contributed by atoms with Crippen LogP contribution in [0.5, 0.6) is 0 Å². The SMILES string of the molecule is CC1=CC(OC(=O)c2ccc(Cl)cc2)=CN(S(=O)(=O)c2ccc(C)cc2)[C@@H]1c1ccccc1. The predicted molar refractivity (Wildman–Crippen MR) is 128 cm³/mol. The van der Waals surface area contributed by atoms with E-state index in [4.69, 9.17) is 16.3 Å². The molecule has 0 unspecified atom stereocenters. The van der Waals surface area contributed by atoms with E-state index in [0.717, 1.165) is 16.7 Å². The highest BCUT2D eigenvalue weighted by Gasteiger charge is 2.34. The molecule has 0 amide bonds. The van der Waals surface area contributed by atoms with Gasteiger partial charge in [-0.3, -0.25) is 4.31 Å². The van der Waals surface area contributed by atoms with Crippen LogP contribution >= 0.6 is 11.6 Å². The third-order valence-corrected chi connectivity index (χ3v) is 7.30. The number of hydrogen-bond acceptors (Lipinski definition) is 4. The zero-order valence-corrected chi connectivity index (χ0v) is 19.7. The van der Waals surface area contributed by atoms with Crippen molar-refractivity contribution in [2.75, 3.05) is 0 Å². The largest absolute Gasteiger partial charge is 0.421 e. The average Bonchev–Trinajstić information content (AvgIpc) is 2.80. The first-order valence-electron chi connectivity index (χ1n) is 10.3. The predicted octanol–water partition coefficient (Wildman–Crippen LogP) is 6.04. The van der Waals surface area contributed by atoms with Gasteiger partial charge >= 0.3 is 5.97 Å². The number of halogens is 1. The molecular formula is C26H22ClNO4S. The highest BCUT2D eigenvalue weighted by atomic mass is 35.5. The second-order valence-electron chi connectivity index (χ2n) is 7.78. The molecule has 1 heterocycles. The maximum absolute atomic E-state index is 13.7. The number of benzene rings is 3. The number of hydrogen-bond donors (Lipinski definition) is 0. The molecule has 1 atom stereocenters. The molecule has 7 heteroatoms. The van der Waals surface area contributed by atoms with Crippen molar-refractivity contribution >= 4 is 27.6 Å². The molecule has 0 radical (unpaired) electrons. The lowest BCUT2D eigenvalue weighted by Gasteiger charge is -2.34. The molecule has 168 valence electrons. The zero-order chi connectivity index (χ0) is 23.6. The topological polar surface area (TPSA) is 63.7 Å². The highest BCUT2D eigenvalue weighted by Crippen LogP contribution is 2.38. The van der Waals surface area contributed by atoms with E-state index in [2.05, 4.69) is 0 Å². The summed E-state index contributed by atoms with van der Waals surface area (Å²) < 4.78 is 34.1. The summed E-state index contributed by atoms with van der Waals surface area (Å²) >= 11 is 5.89. The number of ether oxygens (including phenoxy) is 1. The summed E-state index contributed by atoms with van der Waals surface area (Å²) in [6.07, 6.45) is 3.06. The molecule has 0 spiro atoms. The van der Waals surface area contributed by atoms with Gasteiger partial charge in [-0.1, -0.05) is 59.6 Å². The van der Waals surface area contributed by atoms with E-state index in [1.807, 2.05) is 44.2 Å². The Hall–Kier alpha value is -3.35. The minimum Gasteiger partial charge on any atom is -0.421 e. The molecule has 33 heavy (non-hydrogen) atoms. The van der Waals surface area contributed by atoms with Gasteiger partial charge in [0, 0.05) is 5.02 Å². The lowest BCUT2D eigenvalue weighted by Crippen LogP contribution is -2.34. The molecule has 0 aromatic heterocycles. The van der Waals surface area contributed by atoms with Crippen LogP contribution in [-0.2, 0) is 14.8 Å². The molecule has 3 aromatic rings. The molecule has 4 rings (SSSR count). The van der Waals surface area contributed by atoms with Gasteiger partial charge in [0.1, 0.15) is 5.76 Å². The van der Waals surface area contributed by atoms with Crippen molar-refractivity contribution in [3.8, 4) is 0 Å². The van der Waals surface area contributed by atoms with Gasteiger partial charge in [0.2, 0.25) is 0 Å². The lowest BCUT2D eigenvalue weighted by atomic mass is 9.97. The molecule has 5 nitrogen and oxygen atoms in total. The molecule has 3 aromatic carbocycles. The molecule has 0 saturated carbocycles. The maximum atomic E-state index is 13.7. The minimum atomic E-state index is -3.94. The van der Waals surface area contributed by atoms with Gasteiger partial charge in [-0.15, -0.1) is 0 Å². The maximum Gasteiger partial charge on any atom is 0.343 e. The van der Waals surface area contributed by atoms with E-state index in [1.165, 1.54) is 10.5 Å². The average molecular weight is 480 g/mol. The Morgan fingerprint density at radius 2 is 1.55 bits per heavy atom. The Balaban J connectivity index is 1.75. The molecule has 0 fully saturated rings. The number of aryl methyl sites for hydroxylation is 1. The Morgan fingerprint density at radius 3 is 2.18 bits per heavy atom. The summed E-state index contributed by atoms with van der Waals surface area (Å²) in [6.45, 7) is 3.71. The summed E-state index contributed by atoms with van der Waals surface area (Å²) in [4.78, 5) is 12.8. The Bertz CT molecular complexity index is 1330. The second kappa shape index (κ2) is 9.25. The third-order valence-electron chi connectivity index (χ3n) is 5.31. The minimum absolute atomic E-state index is 0.135. The van der Waals surface area contributed by atoms with Crippen LogP contribution in [-0.4, -0.2) is 18.7 Å². The fraction of sp³-hybridized carbons (Fsp3) is 0.115. The van der Waals surface area contributed by atoms with Gasteiger partial charge in [0.25, 0.3) is 10.0 Å². The number of nitrogens with zero attached hydrogens (tertiary/aromatic N) is 1. The number of esters is 1. The summed E-state index contributed by atoms with van der Waals surface area (Å²) in [5.74, 6) is -0.469. The number of sulfonamides is 1. The molecular weight excluding hydrogens is 458 g/mol. The van der Waals surface area contributed by atoms with E-state index in [-0.39, 0.29) is 10.7 Å². The van der Waals surface area contributed by atoms with E-state index in [9.17, 15) is 13.2 Å². The number of carbonyl (C=O) groups excluding carboxylic acids is 1. The van der Waals surface area contributed by atoms with Gasteiger partial charge in [-0.05, 0) is 67.5 Å². The summed E-state index contributed by atoms with van der Waals surface area (Å²) in [7, 11) is -3.94. The highest BCUT2D eigenvalue weighted by molar-refractivity contribution is 7.89. The van der Waals surface area contributed by atoms with Crippen molar-refractivity contribution in [1.29, 1.82) is 0 Å². The molecule has 1 aliphatic rings. The van der Waals surface area contributed by atoms with Crippen molar-refractivity contribution in [1.82, 2.24) is 4.31 Å². The van der Waals surface area contributed by atoms with E-state index < -0.39 is 22.0 Å². The first-order valence-corrected chi connectivity index (χ1v) is 12.1. The molecule has 0 N–H and O–H groups in total. The van der Waals surface area contributed by atoms with E-state index >= 15 is 0 Å². The van der Waals surface area contributed by atoms with E-state index in [1.54, 1.807) is 54.6 Å². The summed E-state index contributed by atoms with van der Waals surface area (Å²) in [5.41, 5.74) is 2.79. The van der Waals surface area contributed by atoms with Crippen LogP contribution in [0.3, 0.4) is 0 Å². The summed E-state index contributed by atoms with van der Waals surface area (Å²) in [5, 5.41) is 0.500. The van der Waals surface area contributed by atoms with Crippen LogP contribution in [0, 0.1) is 6.92 Å². The molecule has 1 aliphatic heterocycles. The van der Waals surface area contributed by atoms with Crippen LogP contribution in [0.15, 0.2) is 107 Å². The van der Waals surface area contributed by atoms with Crippen LogP contribution in [0.25, 0.3) is 0 Å². The molecule has 0 bridgehead atoms. The fourth-order valence-electron chi connectivity index (χ4n) is 3.63. The number of carbonyl (C=O) groups is 1.